The minimum atomic E-state index is -0.602. The van der Waals surface area contributed by atoms with Gasteiger partial charge in [-0.25, -0.2) is 0 Å². The molecule has 0 saturated heterocycles. The zero-order chi connectivity index (χ0) is 8.27. The van der Waals surface area contributed by atoms with E-state index in [2.05, 4.69) is 10.4 Å². The predicted molar refractivity (Wildman–Crippen MR) is 41.2 cm³/mol. The van der Waals surface area contributed by atoms with E-state index in [1.54, 1.807) is 6.07 Å². The number of halogens is 1. The van der Waals surface area contributed by atoms with Crippen molar-refractivity contribution in [3.8, 4) is 0 Å². The first-order chi connectivity index (χ1) is 5.25. The Kier molecular flexibility index (Phi) is 3.57. The highest BCUT2D eigenvalue weighted by molar-refractivity contribution is 5.55. The van der Waals surface area contributed by atoms with Crippen molar-refractivity contribution in [2.75, 3.05) is 5.43 Å². The second-order valence-electron chi connectivity index (χ2n) is 1.78. The lowest BCUT2D eigenvalue weighted by atomic mass is 10.4. The van der Waals surface area contributed by atoms with Crippen LogP contribution in [-0.2, 0) is 0 Å². The molecule has 1 rings (SSSR count). The molecule has 0 aliphatic heterocycles. The molecule has 1 heterocycles. The number of aromatic nitrogens is 1. The summed E-state index contributed by atoms with van der Waals surface area (Å²) in [4.78, 5) is 13.1. The molecular formula is C5H7FN4O2. The lowest BCUT2D eigenvalue weighted by Crippen LogP contribution is -2.09. The van der Waals surface area contributed by atoms with Gasteiger partial charge in [-0.05, 0) is 22.0 Å². The second kappa shape index (κ2) is 4.19. The maximum atomic E-state index is 10.2. The largest absolute Gasteiger partial charge is 0.388 e. The van der Waals surface area contributed by atoms with Gasteiger partial charge >= 0.3 is 5.82 Å². The fourth-order valence-corrected chi connectivity index (χ4v) is 0.655. The van der Waals surface area contributed by atoms with Crippen molar-refractivity contribution in [1.82, 2.24) is 4.98 Å². The number of nitrogen functional groups attached to an aromatic ring is 1. The first-order valence-corrected chi connectivity index (χ1v) is 2.81. The van der Waals surface area contributed by atoms with Crippen molar-refractivity contribution in [2.24, 2.45) is 5.84 Å². The zero-order valence-corrected chi connectivity index (χ0v) is 5.93. The lowest BCUT2D eigenvalue weighted by molar-refractivity contribution is -0.388. The van der Waals surface area contributed by atoms with Crippen LogP contribution < -0.4 is 11.3 Å². The van der Waals surface area contributed by atoms with Crippen LogP contribution in [-0.4, -0.2) is 9.91 Å². The van der Waals surface area contributed by atoms with Crippen molar-refractivity contribution < 1.29 is 9.63 Å². The topological polar surface area (TPSA) is 94.1 Å². The van der Waals surface area contributed by atoms with Crippen LogP contribution in [0.25, 0.3) is 0 Å². The molecule has 3 N–H and O–H groups in total. The molecule has 0 amide bonds. The molecule has 0 fully saturated rings. The van der Waals surface area contributed by atoms with Gasteiger partial charge < -0.3 is 15.5 Å². The number of pyridine rings is 1. The summed E-state index contributed by atoms with van der Waals surface area (Å²) in [5.74, 6) is 4.73. The van der Waals surface area contributed by atoms with Gasteiger partial charge in [-0.2, -0.15) is 0 Å². The van der Waals surface area contributed by atoms with Gasteiger partial charge in [-0.15, -0.1) is 0 Å². The highest BCUT2D eigenvalue weighted by Gasteiger charge is 2.11. The van der Waals surface area contributed by atoms with Crippen LogP contribution >= 0.6 is 0 Å². The zero-order valence-electron chi connectivity index (χ0n) is 5.93. The Labute approximate surface area is 66.9 Å². The van der Waals surface area contributed by atoms with Crippen LogP contribution in [0.1, 0.15) is 0 Å². The van der Waals surface area contributed by atoms with E-state index in [1.165, 1.54) is 12.3 Å². The normalized spacial score (nSPS) is 8.42. The number of nitrogens with two attached hydrogens (primary N) is 1. The summed E-state index contributed by atoms with van der Waals surface area (Å²) in [6.45, 7) is 0. The summed E-state index contributed by atoms with van der Waals surface area (Å²) in [6.07, 6.45) is 1.33. The van der Waals surface area contributed by atoms with Gasteiger partial charge in [0.05, 0.1) is 0 Å². The SMILES string of the molecule is F.NNc1cccnc1[N+](=O)[O-]. The molecular weight excluding hydrogens is 167 g/mol. The molecule has 1 aromatic heterocycles. The van der Waals surface area contributed by atoms with Crippen LogP contribution in [0.3, 0.4) is 0 Å². The molecule has 0 radical (unpaired) electrons. The van der Waals surface area contributed by atoms with Gasteiger partial charge in [0.25, 0.3) is 0 Å². The minimum absolute atomic E-state index is 0. The first-order valence-electron chi connectivity index (χ1n) is 2.81. The highest BCUT2D eigenvalue weighted by atomic mass is 19.0. The Morgan fingerprint density at radius 2 is 2.33 bits per heavy atom. The smallest absolute Gasteiger partial charge is 0.358 e. The molecule has 0 aliphatic rings. The van der Waals surface area contributed by atoms with E-state index in [-0.39, 0.29) is 16.2 Å². The number of hydrogen-bond acceptors (Lipinski definition) is 5. The van der Waals surface area contributed by atoms with Crippen molar-refractivity contribution in [2.45, 2.75) is 0 Å². The van der Waals surface area contributed by atoms with E-state index in [0.29, 0.717) is 0 Å². The van der Waals surface area contributed by atoms with E-state index >= 15 is 0 Å². The van der Waals surface area contributed by atoms with Crippen molar-refractivity contribution >= 4 is 11.5 Å². The molecule has 1 aromatic rings. The summed E-state index contributed by atoms with van der Waals surface area (Å²) in [5, 5.41) is 10.2. The monoisotopic (exact) mass is 174 g/mol. The maximum absolute atomic E-state index is 10.2. The maximum Gasteiger partial charge on any atom is 0.388 e. The molecule has 0 saturated carbocycles. The summed E-state index contributed by atoms with van der Waals surface area (Å²) in [7, 11) is 0. The van der Waals surface area contributed by atoms with Crippen molar-refractivity contribution in [3.05, 3.63) is 28.4 Å². The molecule has 12 heavy (non-hydrogen) atoms. The third kappa shape index (κ3) is 1.86. The third-order valence-electron chi connectivity index (χ3n) is 1.12. The van der Waals surface area contributed by atoms with Crippen LogP contribution in [0.4, 0.5) is 16.2 Å². The van der Waals surface area contributed by atoms with Crippen molar-refractivity contribution in [3.63, 3.8) is 0 Å². The fraction of sp³-hybridized carbons (Fsp3) is 0. The third-order valence-corrected chi connectivity index (χ3v) is 1.12. The Bertz CT molecular complexity index is 280. The average Bonchev–Trinajstić information content (AvgIpc) is 2.04. The van der Waals surface area contributed by atoms with Crippen LogP contribution in [0.2, 0.25) is 0 Å². The number of nitrogens with one attached hydrogen (secondary N) is 1. The molecule has 0 bridgehead atoms. The number of nitrogens with zero attached hydrogens (tertiary/aromatic N) is 2. The summed E-state index contributed by atoms with van der Waals surface area (Å²) < 4.78 is 0. The average molecular weight is 174 g/mol. The van der Waals surface area contributed by atoms with E-state index in [4.69, 9.17) is 5.84 Å². The van der Waals surface area contributed by atoms with Gasteiger partial charge in [-0.3, -0.25) is 10.5 Å². The first kappa shape index (κ1) is 10.2. The van der Waals surface area contributed by atoms with Crippen LogP contribution in [0.15, 0.2) is 18.3 Å². The van der Waals surface area contributed by atoms with E-state index in [1.807, 2.05) is 0 Å². The standard InChI is InChI=1S/C5H6N4O2.FH/c6-8-4-2-1-3-7-5(4)9(10)11;/h1-3,8H,6H2;1H. The van der Waals surface area contributed by atoms with Crippen molar-refractivity contribution in [1.29, 1.82) is 0 Å². The summed E-state index contributed by atoms with van der Waals surface area (Å²) in [6, 6.07) is 3.04. The number of nitro groups is 1. The molecule has 7 heteroatoms. The van der Waals surface area contributed by atoms with E-state index in [0.717, 1.165) is 0 Å². The summed E-state index contributed by atoms with van der Waals surface area (Å²) in [5.41, 5.74) is 2.38. The van der Waals surface area contributed by atoms with Gasteiger partial charge in [0.2, 0.25) is 0 Å². The quantitative estimate of drug-likeness (QED) is 0.385. The molecule has 66 valence electrons. The lowest BCUT2D eigenvalue weighted by Gasteiger charge is -1.98. The molecule has 6 nitrogen and oxygen atoms in total. The number of hydrogen-bond donors (Lipinski definition) is 2. The van der Waals surface area contributed by atoms with Gasteiger partial charge in [0, 0.05) is 0 Å². The Morgan fingerprint density at radius 3 is 2.75 bits per heavy atom. The highest BCUT2D eigenvalue weighted by Crippen LogP contribution is 2.17. The molecule has 0 spiro atoms. The van der Waals surface area contributed by atoms with E-state index < -0.39 is 4.92 Å². The van der Waals surface area contributed by atoms with Gasteiger partial charge in [0.15, 0.2) is 0 Å². The molecule has 0 unspecified atom stereocenters. The number of hydrazine groups is 1. The Morgan fingerprint density at radius 1 is 1.67 bits per heavy atom. The molecule has 0 aromatic carbocycles. The number of rotatable bonds is 2. The fourth-order valence-electron chi connectivity index (χ4n) is 0.655. The van der Waals surface area contributed by atoms with Crippen LogP contribution in [0, 0.1) is 10.1 Å². The number of anilines is 1. The minimum Gasteiger partial charge on any atom is -0.358 e. The predicted octanol–water partition coefficient (Wildman–Crippen LogP) is 0.428. The Balaban J connectivity index is 0.00000121. The van der Waals surface area contributed by atoms with Gasteiger partial charge in [0.1, 0.15) is 11.9 Å². The molecule has 0 atom stereocenters. The van der Waals surface area contributed by atoms with Crippen LogP contribution in [0.5, 0.6) is 0 Å². The summed E-state index contributed by atoms with van der Waals surface area (Å²) >= 11 is 0. The second-order valence-corrected chi connectivity index (χ2v) is 1.78. The van der Waals surface area contributed by atoms with E-state index in [9.17, 15) is 10.1 Å². The Hall–Kier alpha value is -1.76. The van der Waals surface area contributed by atoms with Gasteiger partial charge in [-0.1, -0.05) is 0 Å². The molecule has 0 aliphatic carbocycles.